The van der Waals surface area contributed by atoms with Crippen LogP contribution in [0.5, 0.6) is 0 Å². The van der Waals surface area contributed by atoms with Gasteiger partial charge in [0.1, 0.15) is 0 Å². The Labute approximate surface area is 73.3 Å². The molecule has 0 spiro atoms. The van der Waals surface area contributed by atoms with Crippen molar-refractivity contribution in [2.45, 2.75) is 6.92 Å². The number of hydrogen-bond acceptors (Lipinski definition) is 2. The fourth-order valence-electron chi connectivity index (χ4n) is 0.301. The van der Waals surface area contributed by atoms with Crippen molar-refractivity contribution in [3.63, 3.8) is 0 Å². The summed E-state index contributed by atoms with van der Waals surface area (Å²) in [6.07, 6.45) is 2.67. The van der Waals surface area contributed by atoms with E-state index < -0.39 is 0 Å². The van der Waals surface area contributed by atoms with Crippen molar-refractivity contribution in [2.24, 2.45) is 7.05 Å². The zero-order chi connectivity index (χ0) is 5.28. The summed E-state index contributed by atoms with van der Waals surface area (Å²) >= 11 is 0. The Morgan fingerprint density at radius 2 is 2.25 bits per heavy atom. The number of nitrogens with zero attached hydrogens (tertiary/aromatic N) is 3. The van der Waals surface area contributed by atoms with E-state index in [9.17, 15) is 0 Å². The Hall–Kier alpha value is 0.244. The molecule has 0 atom stereocenters. The molecule has 0 amide bonds. The van der Waals surface area contributed by atoms with Gasteiger partial charge in [-0.1, -0.05) is 6.92 Å². The molecule has 1 aromatic rings. The van der Waals surface area contributed by atoms with Gasteiger partial charge in [-0.15, -0.1) is 10.9 Å². The van der Waals surface area contributed by atoms with Gasteiger partial charge in [0.15, 0.2) is 0 Å². The van der Waals surface area contributed by atoms with E-state index in [1.54, 1.807) is 4.68 Å². The quantitative estimate of drug-likeness (QED) is 0.529. The predicted octanol–water partition coefficient (Wildman–Crippen LogP) is -0.0788. The van der Waals surface area contributed by atoms with Crippen molar-refractivity contribution in [1.29, 1.82) is 0 Å². The molecular formula is C4H6N3Y-. The van der Waals surface area contributed by atoms with Gasteiger partial charge in [0.2, 0.25) is 0 Å². The van der Waals surface area contributed by atoms with E-state index in [1.807, 2.05) is 14.0 Å². The van der Waals surface area contributed by atoms with E-state index in [2.05, 4.69) is 16.5 Å². The Kier molecular flexibility index (Phi) is 3.41. The van der Waals surface area contributed by atoms with Crippen molar-refractivity contribution in [3.05, 3.63) is 11.9 Å². The maximum atomic E-state index is 3.63. The summed E-state index contributed by atoms with van der Waals surface area (Å²) in [4.78, 5) is 0. The molecule has 0 bridgehead atoms. The van der Waals surface area contributed by atoms with Crippen LogP contribution in [-0.2, 0) is 39.8 Å². The van der Waals surface area contributed by atoms with Crippen LogP contribution in [0.15, 0.2) is 0 Å². The van der Waals surface area contributed by atoms with E-state index in [0.717, 1.165) is 5.69 Å². The molecule has 1 heterocycles. The molecule has 4 heteroatoms. The molecule has 0 aromatic carbocycles. The molecule has 0 aliphatic carbocycles. The van der Waals surface area contributed by atoms with Crippen LogP contribution in [0.2, 0.25) is 0 Å². The van der Waals surface area contributed by atoms with E-state index in [1.165, 1.54) is 0 Å². The number of aryl methyl sites for hydroxylation is 2. The maximum absolute atomic E-state index is 3.63. The zero-order valence-electron chi connectivity index (χ0n) is 4.92. The second-order valence-corrected chi connectivity index (χ2v) is 1.41. The maximum Gasteiger partial charge on any atom is 0.0283 e. The monoisotopic (exact) mass is 185 g/mol. The Morgan fingerprint density at radius 1 is 1.62 bits per heavy atom. The van der Waals surface area contributed by atoms with Crippen LogP contribution in [0.25, 0.3) is 0 Å². The van der Waals surface area contributed by atoms with Gasteiger partial charge < -0.3 is 11.3 Å². The first-order valence-corrected chi connectivity index (χ1v) is 2.04. The van der Waals surface area contributed by atoms with Crippen LogP contribution >= 0.6 is 0 Å². The summed E-state index contributed by atoms with van der Waals surface area (Å²) in [6, 6.07) is 0. The minimum absolute atomic E-state index is 0. The normalized spacial score (nSPS) is 8.25. The molecule has 0 N–H and O–H groups in total. The fraction of sp³-hybridized carbons (Fsp3) is 0.500. The molecule has 1 aromatic heterocycles. The van der Waals surface area contributed by atoms with Crippen molar-refractivity contribution < 1.29 is 32.7 Å². The molecular weight excluding hydrogens is 179 g/mol. The molecule has 8 heavy (non-hydrogen) atoms. The molecule has 3 nitrogen and oxygen atoms in total. The van der Waals surface area contributed by atoms with Crippen LogP contribution in [0, 0.1) is 13.1 Å². The smallest absolute Gasteiger partial charge is 0.0283 e. The standard InChI is InChI=1S/C4H6N3.Y/c1-4-3-5-6-7(4)2;/h1-2H3;/q-1;. The Balaban J connectivity index is 0.000000490. The third kappa shape index (κ3) is 1.64. The molecule has 0 saturated carbocycles. The summed E-state index contributed by atoms with van der Waals surface area (Å²) < 4.78 is 1.67. The van der Waals surface area contributed by atoms with Crippen LogP contribution in [0.3, 0.4) is 0 Å². The average molecular weight is 185 g/mol. The zero-order valence-corrected chi connectivity index (χ0v) is 7.76. The first kappa shape index (κ1) is 8.24. The van der Waals surface area contributed by atoms with E-state index in [4.69, 9.17) is 0 Å². The first-order chi connectivity index (χ1) is 3.30. The van der Waals surface area contributed by atoms with Crippen molar-refractivity contribution in [3.8, 4) is 0 Å². The Morgan fingerprint density at radius 3 is 2.38 bits per heavy atom. The van der Waals surface area contributed by atoms with Gasteiger partial charge in [0.25, 0.3) is 0 Å². The molecule has 0 fully saturated rings. The van der Waals surface area contributed by atoms with Crippen LogP contribution < -0.4 is 0 Å². The second-order valence-electron chi connectivity index (χ2n) is 1.41. The minimum Gasteiger partial charge on any atom is -0.351 e. The number of hydrogen-bond donors (Lipinski definition) is 0. The molecule has 0 unspecified atom stereocenters. The van der Waals surface area contributed by atoms with Crippen molar-refractivity contribution in [1.82, 2.24) is 15.0 Å². The van der Waals surface area contributed by atoms with E-state index in [0.29, 0.717) is 0 Å². The van der Waals surface area contributed by atoms with Crippen LogP contribution in [0.1, 0.15) is 5.69 Å². The minimum atomic E-state index is 0. The molecule has 0 saturated heterocycles. The van der Waals surface area contributed by atoms with Gasteiger partial charge in [0, 0.05) is 39.8 Å². The van der Waals surface area contributed by atoms with Gasteiger partial charge >= 0.3 is 0 Å². The van der Waals surface area contributed by atoms with Gasteiger partial charge in [-0.2, -0.15) is 0 Å². The summed E-state index contributed by atoms with van der Waals surface area (Å²) in [7, 11) is 1.83. The van der Waals surface area contributed by atoms with E-state index in [-0.39, 0.29) is 32.7 Å². The summed E-state index contributed by atoms with van der Waals surface area (Å²) in [5.41, 5.74) is 0.958. The predicted molar refractivity (Wildman–Crippen MR) is 24.6 cm³/mol. The van der Waals surface area contributed by atoms with Crippen LogP contribution in [0.4, 0.5) is 0 Å². The SMILES string of the molecule is Cc1[c-]nnn1C.[Y]. The summed E-state index contributed by atoms with van der Waals surface area (Å²) in [5, 5.41) is 7.14. The third-order valence-electron chi connectivity index (χ3n) is 0.876. The van der Waals surface area contributed by atoms with Crippen LogP contribution in [-0.4, -0.2) is 15.0 Å². The van der Waals surface area contributed by atoms with Gasteiger partial charge in [0.05, 0.1) is 0 Å². The number of rotatable bonds is 0. The molecule has 1 radical (unpaired) electrons. The fourth-order valence-corrected chi connectivity index (χ4v) is 0.301. The van der Waals surface area contributed by atoms with Crippen molar-refractivity contribution in [2.75, 3.05) is 0 Å². The van der Waals surface area contributed by atoms with Gasteiger partial charge in [-0.05, 0) is 0 Å². The second kappa shape index (κ2) is 3.31. The topological polar surface area (TPSA) is 30.7 Å². The average Bonchev–Trinajstić information content (AvgIpc) is 1.91. The summed E-state index contributed by atoms with van der Waals surface area (Å²) in [5.74, 6) is 0. The van der Waals surface area contributed by atoms with Crippen molar-refractivity contribution >= 4 is 0 Å². The van der Waals surface area contributed by atoms with E-state index >= 15 is 0 Å². The Bertz CT molecular complexity index is 144. The first-order valence-electron chi connectivity index (χ1n) is 2.04. The molecule has 41 valence electrons. The van der Waals surface area contributed by atoms with Gasteiger partial charge in [-0.25, -0.2) is 0 Å². The third-order valence-corrected chi connectivity index (χ3v) is 0.876. The largest absolute Gasteiger partial charge is 0.351 e. The molecule has 0 aliphatic rings. The van der Waals surface area contributed by atoms with Gasteiger partial charge in [-0.3, -0.25) is 4.68 Å². The summed E-state index contributed by atoms with van der Waals surface area (Å²) in [6.45, 7) is 1.90. The molecule has 1 rings (SSSR count). The molecule has 0 aliphatic heterocycles. The number of aromatic nitrogens is 3.